The fraction of sp³-hybridized carbons (Fsp3) is 0.462. The molecular formula is C13H16F3NO2S. The van der Waals surface area contributed by atoms with Gasteiger partial charge in [0.1, 0.15) is 16.7 Å². The number of methoxy groups -OCH3 is 1. The summed E-state index contributed by atoms with van der Waals surface area (Å²) < 4.78 is 57.7. The molecule has 0 heterocycles. The largest absolute Gasteiger partial charge is 0.496 e. The second kappa shape index (κ2) is 5.95. The van der Waals surface area contributed by atoms with Gasteiger partial charge in [-0.25, -0.2) is 4.21 Å². The molecule has 1 aromatic rings. The summed E-state index contributed by atoms with van der Waals surface area (Å²) in [5.74, 6) is 0.0366. The molecule has 0 N–H and O–H groups in total. The maximum atomic E-state index is 12.6. The summed E-state index contributed by atoms with van der Waals surface area (Å²) in [4.78, 5) is 0. The molecule has 0 bridgehead atoms. The Morgan fingerprint density at radius 3 is 2.30 bits per heavy atom. The topological polar surface area (TPSA) is 38.7 Å². The third-order valence-corrected chi connectivity index (χ3v) is 3.72. The van der Waals surface area contributed by atoms with Crippen LogP contribution in [0.2, 0.25) is 0 Å². The molecule has 0 aliphatic heterocycles. The van der Waals surface area contributed by atoms with Gasteiger partial charge in [-0.05, 0) is 39.0 Å². The van der Waals surface area contributed by atoms with E-state index in [4.69, 9.17) is 4.74 Å². The Labute approximate surface area is 118 Å². The Bertz CT molecular complexity index is 533. The number of alkyl halides is 3. The first-order valence-corrected chi connectivity index (χ1v) is 6.87. The summed E-state index contributed by atoms with van der Waals surface area (Å²) >= 11 is 0. The molecule has 0 spiro atoms. The average molecular weight is 307 g/mol. The first-order valence-electron chi connectivity index (χ1n) is 5.77. The minimum atomic E-state index is -4.43. The van der Waals surface area contributed by atoms with E-state index in [0.717, 1.165) is 12.1 Å². The van der Waals surface area contributed by atoms with Gasteiger partial charge < -0.3 is 4.74 Å². The lowest BCUT2D eigenvalue weighted by Crippen LogP contribution is -2.19. The van der Waals surface area contributed by atoms with Crippen LogP contribution in [-0.4, -0.2) is 22.3 Å². The SMILES string of the molecule is COc1cc(C(F)(F)F)ccc1C=N[S@](=O)C(C)(C)C. The van der Waals surface area contributed by atoms with Crippen molar-refractivity contribution in [1.29, 1.82) is 0 Å². The molecule has 0 unspecified atom stereocenters. The van der Waals surface area contributed by atoms with Gasteiger partial charge in [-0.3, -0.25) is 0 Å². The molecule has 0 aromatic heterocycles. The quantitative estimate of drug-likeness (QED) is 0.800. The Balaban J connectivity index is 3.09. The van der Waals surface area contributed by atoms with Crippen molar-refractivity contribution in [3.05, 3.63) is 29.3 Å². The van der Waals surface area contributed by atoms with Crippen molar-refractivity contribution in [2.24, 2.45) is 4.40 Å². The van der Waals surface area contributed by atoms with Gasteiger partial charge in [0, 0.05) is 11.8 Å². The van der Waals surface area contributed by atoms with Gasteiger partial charge in [-0.15, -0.1) is 0 Å². The molecule has 0 saturated carbocycles. The zero-order chi connectivity index (χ0) is 15.6. The first kappa shape index (κ1) is 16.7. The van der Waals surface area contributed by atoms with Crippen molar-refractivity contribution in [2.45, 2.75) is 31.7 Å². The van der Waals surface area contributed by atoms with Gasteiger partial charge in [0.2, 0.25) is 0 Å². The summed E-state index contributed by atoms with van der Waals surface area (Å²) in [5, 5.41) is 0. The number of hydrogen-bond acceptors (Lipinski definition) is 2. The molecule has 1 atom stereocenters. The van der Waals surface area contributed by atoms with Crippen LogP contribution in [0.15, 0.2) is 22.6 Å². The zero-order valence-electron chi connectivity index (χ0n) is 11.6. The average Bonchev–Trinajstić information content (AvgIpc) is 2.33. The summed E-state index contributed by atoms with van der Waals surface area (Å²) in [6.45, 7) is 5.26. The zero-order valence-corrected chi connectivity index (χ0v) is 12.4. The van der Waals surface area contributed by atoms with Crippen LogP contribution in [0.25, 0.3) is 0 Å². The van der Waals surface area contributed by atoms with E-state index in [9.17, 15) is 17.4 Å². The van der Waals surface area contributed by atoms with E-state index in [2.05, 4.69) is 4.40 Å². The highest BCUT2D eigenvalue weighted by molar-refractivity contribution is 7.85. The summed E-state index contributed by atoms with van der Waals surface area (Å²) in [6.07, 6.45) is -3.17. The van der Waals surface area contributed by atoms with Crippen molar-refractivity contribution in [2.75, 3.05) is 7.11 Å². The monoisotopic (exact) mass is 307 g/mol. The second-order valence-electron chi connectivity index (χ2n) is 5.05. The molecule has 20 heavy (non-hydrogen) atoms. The lowest BCUT2D eigenvalue weighted by molar-refractivity contribution is -0.137. The Hall–Kier alpha value is -1.37. The summed E-state index contributed by atoms with van der Waals surface area (Å²) in [6, 6.07) is 3.07. The van der Waals surface area contributed by atoms with E-state index in [0.29, 0.717) is 5.56 Å². The van der Waals surface area contributed by atoms with Crippen molar-refractivity contribution in [3.63, 3.8) is 0 Å². The van der Waals surface area contributed by atoms with Gasteiger partial charge in [-0.2, -0.15) is 17.6 Å². The second-order valence-corrected chi connectivity index (χ2v) is 6.98. The molecule has 1 rings (SSSR count). The lowest BCUT2D eigenvalue weighted by atomic mass is 10.1. The van der Waals surface area contributed by atoms with Gasteiger partial charge >= 0.3 is 6.18 Å². The van der Waals surface area contributed by atoms with Crippen molar-refractivity contribution < 1.29 is 22.1 Å². The number of hydrogen-bond donors (Lipinski definition) is 0. The third-order valence-electron chi connectivity index (χ3n) is 2.37. The first-order chi connectivity index (χ1) is 9.05. The predicted octanol–water partition coefficient (Wildman–Crippen LogP) is 3.60. The molecular weight excluding hydrogens is 291 g/mol. The van der Waals surface area contributed by atoms with E-state index in [1.165, 1.54) is 19.4 Å². The Morgan fingerprint density at radius 2 is 1.85 bits per heavy atom. The van der Waals surface area contributed by atoms with Crippen LogP contribution < -0.4 is 4.74 Å². The van der Waals surface area contributed by atoms with Crippen LogP contribution in [0.1, 0.15) is 31.9 Å². The molecule has 0 fully saturated rings. The summed E-state index contributed by atoms with van der Waals surface area (Å²) in [5.41, 5.74) is -0.457. The normalized spacial score (nSPS) is 14.6. The molecule has 1 aromatic carbocycles. The molecule has 0 aliphatic carbocycles. The van der Waals surface area contributed by atoms with E-state index in [1.807, 2.05) is 0 Å². The number of rotatable bonds is 3. The molecule has 0 saturated heterocycles. The predicted molar refractivity (Wildman–Crippen MR) is 73.5 cm³/mol. The molecule has 0 radical (unpaired) electrons. The van der Waals surface area contributed by atoms with Crippen LogP contribution in [-0.2, 0) is 17.2 Å². The van der Waals surface area contributed by atoms with Gasteiger partial charge in [0.15, 0.2) is 0 Å². The number of benzene rings is 1. The van der Waals surface area contributed by atoms with Crippen LogP contribution >= 0.6 is 0 Å². The van der Waals surface area contributed by atoms with Crippen LogP contribution in [0, 0.1) is 0 Å². The minimum absolute atomic E-state index is 0.0366. The standard InChI is InChI=1S/C13H16F3NO2S/c1-12(2,3)20(18)17-8-9-5-6-10(13(14,15)16)7-11(9)19-4/h5-8H,1-4H3/t20-/m1/s1. The maximum Gasteiger partial charge on any atom is 0.416 e. The van der Waals surface area contributed by atoms with Crippen LogP contribution in [0.4, 0.5) is 13.2 Å². The summed E-state index contributed by atoms with van der Waals surface area (Å²) in [7, 11) is -0.207. The minimum Gasteiger partial charge on any atom is -0.496 e. The third kappa shape index (κ3) is 4.33. The Kier molecular flexibility index (Phi) is 4.96. The van der Waals surface area contributed by atoms with Crippen LogP contribution in [0.3, 0.4) is 0 Å². The molecule has 3 nitrogen and oxygen atoms in total. The van der Waals surface area contributed by atoms with E-state index >= 15 is 0 Å². The van der Waals surface area contributed by atoms with Gasteiger partial charge in [-0.1, -0.05) is 0 Å². The highest BCUT2D eigenvalue weighted by Crippen LogP contribution is 2.32. The Morgan fingerprint density at radius 1 is 1.25 bits per heavy atom. The van der Waals surface area contributed by atoms with Crippen molar-refractivity contribution in [3.8, 4) is 5.75 Å². The molecule has 0 aliphatic rings. The fourth-order valence-electron chi connectivity index (χ4n) is 1.26. The molecule has 112 valence electrons. The number of ether oxygens (including phenoxy) is 1. The highest BCUT2D eigenvalue weighted by atomic mass is 32.2. The van der Waals surface area contributed by atoms with Gasteiger partial charge in [0.05, 0.1) is 17.4 Å². The number of nitrogens with zero attached hydrogens (tertiary/aromatic N) is 1. The smallest absolute Gasteiger partial charge is 0.416 e. The van der Waals surface area contributed by atoms with Crippen LogP contribution in [0.5, 0.6) is 5.75 Å². The highest BCUT2D eigenvalue weighted by Gasteiger charge is 2.31. The number of halogens is 3. The van der Waals surface area contributed by atoms with Gasteiger partial charge in [0.25, 0.3) is 0 Å². The van der Waals surface area contributed by atoms with E-state index < -0.39 is 27.5 Å². The van der Waals surface area contributed by atoms with Crippen molar-refractivity contribution >= 4 is 17.2 Å². The molecule has 0 amide bonds. The fourth-order valence-corrected chi connectivity index (χ4v) is 1.78. The van der Waals surface area contributed by atoms with E-state index in [-0.39, 0.29) is 5.75 Å². The van der Waals surface area contributed by atoms with Crippen molar-refractivity contribution in [1.82, 2.24) is 0 Å². The maximum absolute atomic E-state index is 12.6. The molecule has 7 heteroatoms. The van der Waals surface area contributed by atoms with E-state index in [1.54, 1.807) is 20.8 Å². The lowest BCUT2D eigenvalue weighted by Gasteiger charge is -2.13.